The van der Waals surface area contributed by atoms with Gasteiger partial charge in [-0.15, -0.1) is 0 Å². The van der Waals surface area contributed by atoms with Crippen molar-refractivity contribution >= 4 is 11.4 Å². The highest BCUT2D eigenvalue weighted by molar-refractivity contribution is 5.66. The first-order valence-electron chi connectivity index (χ1n) is 8.10. The lowest BCUT2D eigenvalue weighted by Gasteiger charge is -2.35. The monoisotopic (exact) mass is 310 g/mol. The Morgan fingerprint density at radius 2 is 1.78 bits per heavy atom. The summed E-state index contributed by atoms with van der Waals surface area (Å²) in [4.78, 5) is 2.32. The van der Waals surface area contributed by atoms with Crippen LogP contribution in [0.3, 0.4) is 0 Å². The molecule has 2 nitrogen and oxygen atoms in total. The number of halogens is 1. The molecule has 0 bridgehead atoms. The van der Waals surface area contributed by atoms with Gasteiger partial charge in [-0.1, -0.05) is 30.8 Å². The molecule has 2 aromatic carbocycles. The molecule has 1 aliphatic heterocycles. The maximum absolute atomic E-state index is 13.0. The zero-order chi connectivity index (χ0) is 16.4. The second kappa shape index (κ2) is 6.45. The standard InChI is InChI=1S/C20H23FN2/c1-14-3-4-18(13-20(14)22)15(2)23-11-9-17(10-12-23)16-5-7-19(21)8-6-16/h3-8,13,17H,2,9-12,22H2,1H3. The zero-order valence-electron chi connectivity index (χ0n) is 13.6. The van der Waals surface area contributed by atoms with E-state index in [2.05, 4.69) is 17.5 Å². The lowest BCUT2D eigenvalue weighted by atomic mass is 9.89. The van der Waals surface area contributed by atoms with Gasteiger partial charge in [0.15, 0.2) is 0 Å². The van der Waals surface area contributed by atoms with Gasteiger partial charge in [0, 0.05) is 24.5 Å². The van der Waals surface area contributed by atoms with Crippen LogP contribution in [0.15, 0.2) is 49.0 Å². The third-order valence-electron chi connectivity index (χ3n) is 4.83. The van der Waals surface area contributed by atoms with Gasteiger partial charge in [-0.2, -0.15) is 0 Å². The first-order valence-corrected chi connectivity index (χ1v) is 8.10. The molecule has 2 aromatic rings. The fourth-order valence-electron chi connectivity index (χ4n) is 3.22. The fourth-order valence-corrected chi connectivity index (χ4v) is 3.22. The molecule has 120 valence electrons. The second-order valence-corrected chi connectivity index (χ2v) is 6.33. The highest BCUT2D eigenvalue weighted by atomic mass is 19.1. The molecule has 0 aromatic heterocycles. The lowest BCUT2D eigenvalue weighted by Crippen LogP contribution is -2.31. The van der Waals surface area contributed by atoms with Crippen LogP contribution in [0, 0.1) is 12.7 Å². The van der Waals surface area contributed by atoms with Crippen LogP contribution in [-0.4, -0.2) is 18.0 Å². The highest BCUT2D eigenvalue weighted by Crippen LogP contribution is 2.32. The van der Waals surface area contributed by atoms with E-state index in [1.54, 1.807) is 12.1 Å². The van der Waals surface area contributed by atoms with Crippen molar-refractivity contribution in [2.75, 3.05) is 18.8 Å². The van der Waals surface area contributed by atoms with E-state index in [1.807, 2.05) is 31.2 Å². The van der Waals surface area contributed by atoms with Gasteiger partial charge < -0.3 is 10.6 Å². The van der Waals surface area contributed by atoms with Crippen LogP contribution in [0.4, 0.5) is 10.1 Å². The van der Waals surface area contributed by atoms with E-state index in [9.17, 15) is 4.39 Å². The van der Waals surface area contributed by atoms with E-state index >= 15 is 0 Å². The smallest absolute Gasteiger partial charge is 0.123 e. The highest BCUT2D eigenvalue weighted by Gasteiger charge is 2.22. The Hall–Kier alpha value is -2.29. The molecule has 3 heteroatoms. The molecule has 0 atom stereocenters. The van der Waals surface area contributed by atoms with Crippen molar-refractivity contribution < 1.29 is 4.39 Å². The number of nitrogen functional groups attached to an aromatic ring is 1. The van der Waals surface area contributed by atoms with E-state index in [1.165, 1.54) is 5.56 Å². The molecular weight excluding hydrogens is 287 g/mol. The minimum Gasteiger partial charge on any atom is -0.398 e. The maximum atomic E-state index is 13.0. The summed E-state index contributed by atoms with van der Waals surface area (Å²) in [6, 6.07) is 13.0. The molecule has 1 heterocycles. The molecule has 1 fully saturated rings. The van der Waals surface area contributed by atoms with E-state index in [0.29, 0.717) is 5.92 Å². The van der Waals surface area contributed by atoms with E-state index in [0.717, 1.165) is 48.4 Å². The van der Waals surface area contributed by atoms with Gasteiger partial charge in [-0.05, 0) is 60.6 Å². The Morgan fingerprint density at radius 3 is 2.39 bits per heavy atom. The van der Waals surface area contributed by atoms with Crippen molar-refractivity contribution in [3.8, 4) is 0 Å². The Balaban J connectivity index is 1.65. The van der Waals surface area contributed by atoms with Crippen LogP contribution < -0.4 is 5.73 Å². The summed E-state index contributed by atoms with van der Waals surface area (Å²) in [6.07, 6.45) is 2.12. The van der Waals surface area contributed by atoms with Gasteiger partial charge in [-0.25, -0.2) is 4.39 Å². The quantitative estimate of drug-likeness (QED) is 0.842. The van der Waals surface area contributed by atoms with Crippen molar-refractivity contribution in [1.29, 1.82) is 0 Å². The number of nitrogens with zero attached hydrogens (tertiary/aromatic N) is 1. The van der Waals surface area contributed by atoms with Gasteiger partial charge >= 0.3 is 0 Å². The van der Waals surface area contributed by atoms with Crippen molar-refractivity contribution in [2.45, 2.75) is 25.7 Å². The zero-order valence-corrected chi connectivity index (χ0v) is 13.6. The number of piperidine rings is 1. The number of rotatable bonds is 3. The average molecular weight is 310 g/mol. The average Bonchev–Trinajstić information content (AvgIpc) is 2.57. The first kappa shape index (κ1) is 15.6. The minimum atomic E-state index is -0.170. The number of benzene rings is 2. The summed E-state index contributed by atoms with van der Waals surface area (Å²) < 4.78 is 13.0. The summed E-state index contributed by atoms with van der Waals surface area (Å²) in [7, 11) is 0. The Bertz CT molecular complexity index is 698. The summed E-state index contributed by atoms with van der Waals surface area (Å²) in [5.74, 6) is 0.333. The van der Waals surface area contributed by atoms with Gasteiger partial charge in [0.05, 0.1) is 0 Å². The van der Waals surface area contributed by atoms with Gasteiger partial charge in [0.2, 0.25) is 0 Å². The second-order valence-electron chi connectivity index (χ2n) is 6.33. The van der Waals surface area contributed by atoms with Crippen molar-refractivity contribution in [3.63, 3.8) is 0 Å². The molecular formula is C20H23FN2. The number of aryl methyl sites for hydroxylation is 1. The van der Waals surface area contributed by atoms with Crippen LogP contribution >= 0.6 is 0 Å². The van der Waals surface area contributed by atoms with E-state index in [4.69, 9.17) is 5.73 Å². The topological polar surface area (TPSA) is 29.3 Å². The third kappa shape index (κ3) is 3.39. The molecule has 0 saturated carbocycles. The molecule has 23 heavy (non-hydrogen) atoms. The summed E-state index contributed by atoms with van der Waals surface area (Å²) in [6.45, 7) is 8.19. The molecule has 1 saturated heterocycles. The molecule has 0 unspecified atom stereocenters. The van der Waals surface area contributed by atoms with Crippen molar-refractivity contribution in [3.05, 3.63) is 71.6 Å². The lowest BCUT2D eigenvalue weighted by molar-refractivity contribution is 0.299. The van der Waals surface area contributed by atoms with Crippen LogP contribution in [0.2, 0.25) is 0 Å². The van der Waals surface area contributed by atoms with Gasteiger partial charge in [0.25, 0.3) is 0 Å². The fraction of sp³-hybridized carbons (Fsp3) is 0.300. The number of likely N-dealkylation sites (tertiary alicyclic amines) is 1. The van der Waals surface area contributed by atoms with E-state index < -0.39 is 0 Å². The third-order valence-corrected chi connectivity index (χ3v) is 4.83. The largest absolute Gasteiger partial charge is 0.398 e. The Morgan fingerprint density at radius 1 is 1.13 bits per heavy atom. The molecule has 2 N–H and O–H groups in total. The van der Waals surface area contributed by atoms with Crippen LogP contribution in [-0.2, 0) is 0 Å². The summed E-state index contributed by atoms with van der Waals surface area (Å²) in [5, 5.41) is 0. The molecule has 0 aliphatic carbocycles. The number of anilines is 1. The Kier molecular flexibility index (Phi) is 4.37. The molecule has 0 amide bonds. The number of nitrogens with two attached hydrogens (primary N) is 1. The molecule has 0 radical (unpaired) electrons. The number of hydrogen-bond donors (Lipinski definition) is 1. The van der Waals surface area contributed by atoms with Crippen LogP contribution in [0.5, 0.6) is 0 Å². The predicted molar refractivity (Wildman–Crippen MR) is 94.6 cm³/mol. The summed E-state index contributed by atoms with van der Waals surface area (Å²) in [5.41, 5.74) is 11.3. The first-order chi connectivity index (χ1) is 11.0. The van der Waals surface area contributed by atoms with Crippen LogP contribution in [0.1, 0.15) is 35.4 Å². The predicted octanol–water partition coefficient (Wildman–Crippen LogP) is 4.57. The minimum absolute atomic E-state index is 0.170. The molecule has 1 aliphatic rings. The van der Waals surface area contributed by atoms with E-state index in [-0.39, 0.29) is 5.82 Å². The summed E-state index contributed by atoms with van der Waals surface area (Å²) >= 11 is 0. The molecule has 3 rings (SSSR count). The molecule has 0 spiro atoms. The maximum Gasteiger partial charge on any atom is 0.123 e. The number of hydrogen-bond acceptors (Lipinski definition) is 2. The Labute approximate surface area is 137 Å². The van der Waals surface area contributed by atoms with Gasteiger partial charge in [-0.3, -0.25) is 0 Å². The van der Waals surface area contributed by atoms with Crippen LogP contribution in [0.25, 0.3) is 5.70 Å². The van der Waals surface area contributed by atoms with Gasteiger partial charge in [0.1, 0.15) is 5.82 Å². The SMILES string of the molecule is C=C(c1ccc(C)c(N)c1)N1CCC(c2ccc(F)cc2)CC1. The normalized spacial score (nSPS) is 15.7. The van der Waals surface area contributed by atoms with Crippen molar-refractivity contribution in [2.24, 2.45) is 0 Å². The van der Waals surface area contributed by atoms with Crippen molar-refractivity contribution in [1.82, 2.24) is 4.90 Å².